The van der Waals surface area contributed by atoms with Crippen LogP contribution in [0, 0.1) is 0 Å². The molecule has 0 fully saturated rings. The van der Waals surface area contributed by atoms with Crippen LogP contribution in [0.1, 0.15) is 37.2 Å². The Balaban J connectivity index is 2.69. The number of hydrogen-bond donors (Lipinski definition) is 0. The summed E-state index contributed by atoms with van der Waals surface area (Å²) in [5, 5.41) is 4.16. The van der Waals surface area contributed by atoms with Crippen LogP contribution in [0.15, 0.2) is 10.7 Å². The molecule has 1 aromatic heterocycles. The first-order chi connectivity index (χ1) is 7.70. The Morgan fingerprint density at radius 2 is 2.31 bits per heavy atom. The lowest BCUT2D eigenvalue weighted by Gasteiger charge is -2.06. The van der Waals surface area contributed by atoms with E-state index < -0.39 is 0 Å². The Kier molecular flexibility index (Phi) is 5.69. The molecule has 0 aliphatic carbocycles. The number of nitrogens with zero attached hydrogens (tertiary/aromatic N) is 2. The molecule has 0 saturated heterocycles. The summed E-state index contributed by atoms with van der Waals surface area (Å²) in [6.07, 6.45) is 3.03. The van der Waals surface area contributed by atoms with Crippen LogP contribution in [0.4, 0.5) is 0 Å². The first kappa shape index (κ1) is 13.4. The number of ketones is 1. The average Bonchev–Trinajstić information content (AvgIpc) is 2.61. The molecule has 1 aromatic rings. The van der Waals surface area contributed by atoms with Crippen LogP contribution in [-0.4, -0.2) is 28.8 Å². The van der Waals surface area contributed by atoms with E-state index in [4.69, 9.17) is 4.74 Å². The summed E-state index contributed by atoms with van der Waals surface area (Å²) in [6.45, 7) is 5.86. The highest BCUT2D eigenvalue weighted by Gasteiger charge is 2.16. The van der Waals surface area contributed by atoms with Gasteiger partial charge in [-0.15, -0.1) is 0 Å². The van der Waals surface area contributed by atoms with Crippen molar-refractivity contribution < 1.29 is 9.53 Å². The number of halogens is 1. The highest BCUT2D eigenvalue weighted by Crippen LogP contribution is 2.18. The van der Waals surface area contributed by atoms with E-state index in [1.165, 1.54) is 0 Å². The number of Topliss-reactive ketones (excluding diaryl/α,β-unsaturated/α-hetero) is 1. The molecule has 1 heterocycles. The van der Waals surface area contributed by atoms with Gasteiger partial charge in [0.1, 0.15) is 5.69 Å². The topological polar surface area (TPSA) is 44.1 Å². The highest BCUT2D eigenvalue weighted by atomic mass is 79.9. The van der Waals surface area contributed by atoms with Gasteiger partial charge < -0.3 is 4.74 Å². The fourth-order valence-electron chi connectivity index (χ4n) is 1.45. The fourth-order valence-corrected chi connectivity index (χ4v) is 1.97. The van der Waals surface area contributed by atoms with Crippen LogP contribution < -0.4 is 0 Å². The normalized spacial score (nSPS) is 10.7. The fraction of sp³-hybridized carbons (Fsp3) is 0.636. The van der Waals surface area contributed by atoms with Gasteiger partial charge in [-0.3, -0.25) is 9.48 Å². The summed E-state index contributed by atoms with van der Waals surface area (Å²) in [5.41, 5.74) is 0.654. The summed E-state index contributed by atoms with van der Waals surface area (Å²) >= 11 is 3.35. The summed E-state index contributed by atoms with van der Waals surface area (Å²) in [6, 6.07) is 0. The van der Waals surface area contributed by atoms with Crippen molar-refractivity contribution in [3.05, 3.63) is 16.4 Å². The van der Waals surface area contributed by atoms with Crippen molar-refractivity contribution in [2.45, 2.75) is 33.2 Å². The van der Waals surface area contributed by atoms with Gasteiger partial charge in [0.2, 0.25) is 0 Å². The lowest BCUT2D eigenvalue weighted by Crippen LogP contribution is -2.13. The van der Waals surface area contributed by atoms with Gasteiger partial charge in [0.15, 0.2) is 5.78 Å². The summed E-state index contributed by atoms with van der Waals surface area (Å²) in [5.74, 6) is 0.0753. The molecule has 0 aliphatic heterocycles. The Morgan fingerprint density at radius 1 is 1.56 bits per heavy atom. The third kappa shape index (κ3) is 3.42. The Bertz CT molecular complexity index is 350. The predicted octanol–water partition coefficient (Wildman–Crippen LogP) is 2.66. The van der Waals surface area contributed by atoms with Gasteiger partial charge in [-0.1, -0.05) is 6.92 Å². The lowest BCUT2D eigenvalue weighted by molar-refractivity contribution is 0.0885. The molecule has 0 aliphatic rings. The van der Waals surface area contributed by atoms with E-state index >= 15 is 0 Å². The summed E-state index contributed by atoms with van der Waals surface area (Å²) in [7, 11) is 0. The van der Waals surface area contributed by atoms with Crippen LogP contribution in [0.25, 0.3) is 0 Å². The van der Waals surface area contributed by atoms with Crippen LogP contribution >= 0.6 is 15.9 Å². The van der Waals surface area contributed by atoms with Crippen molar-refractivity contribution in [1.82, 2.24) is 9.78 Å². The molecule has 16 heavy (non-hydrogen) atoms. The predicted molar refractivity (Wildman–Crippen MR) is 65.7 cm³/mol. The highest BCUT2D eigenvalue weighted by molar-refractivity contribution is 9.10. The second-order valence-corrected chi connectivity index (χ2v) is 4.29. The van der Waals surface area contributed by atoms with Crippen molar-refractivity contribution >= 4 is 21.7 Å². The van der Waals surface area contributed by atoms with Crippen LogP contribution in [-0.2, 0) is 11.3 Å². The van der Waals surface area contributed by atoms with E-state index in [2.05, 4.69) is 28.0 Å². The maximum atomic E-state index is 11.9. The standard InChI is InChI=1S/C11H17BrN2O2/c1-3-6-14-11(9(12)8-13-14)10(15)5-7-16-4-2/h8H,3-7H2,1-2H3. The minimum Gasteiger partial charge on any atom is -0.381 e. The average molecular weight is 289 g/mol. The molecule has 0 spiro atoms. The quantitative estimate of drug-likeness (QED) is 0.572. The van der Waals surface area contributed by atoms with E-state index in [1.807, 2.05) is 6.92 Å². The smallest absolute Gasteiger partial charge is 0.184 e. The number of rotatable bonds is 7. The van der Waals surface area contributed by atoms with Gasteiger partial charge in [0.05, 0.1) is 17.3 Å². The number of aromatic nitrogens is 2. The second-order valence-electron chi connectivity index (χ2n) is 3.43. The molecule has 1 rings (SSSR count). The maximum absolute atomic E-state index is 11.9. The number of carbonyl (C=O) groups excluding carboxylic acids is 1. The third-order valence-electron chi connectivity index (χ3n) is 2.17. The van der Waals surface area contributed by atoms with Crippen LogP contribution in [0.3, 0.4) is 0 Å². The zero-order chi connectivity index (χ0) is 12.0. The van der Waals surface area contributed by atoms with E-state index in [0.29, 0.717) is 25.3 Å². The largest absolute Gasteiger partial charge is 0.381 e. The molecule has 90 valence electrons. The molecular formula is C11H17BrN2O2. The zero-order valence-corrected chi connectivity index (χ0v) is 11.3. The molecule has 5 heteroatoms. The molecule has 0 aromatic carbocycles. The van der Waals surface area contributed by atoms with Gasteiger partial charge in [-0.2, -0.15) is 5.10 Å². The van der Waals surface area contributed by atoms with E-state index in [0.717, 1.165) is 17.4 Å². The Labute approximate surface area is 104 Å². The third-order valence-corrected chi connectivity index (χ3v) is 2.75. The van der Waals surface area contributed by atoms with E-state index in [1.54, 1.807) is 10.9 Å². The van der Waals surface area contributed by atoms with E-state index in [9.17, 15) is 4.79 Å². The second kappa shape index (κ2) is 6.81. The van der Waals surface area contributed by atoms with Crippen molar-refractivity contribution in [2.24, 2.45) is 0 Å². The molecule has 0 bridgehead atoms. The molecule has 0 amide bonds. The molecule has 0 atom stereocenters. The first-order valence-electron chi connectivity index (χ1n) is 5.52. The van der Waals surface area contributed by atoms with Crippen molar-refractivity contribution in [3.63, 3.8) is 0 Å². The number of carbonyl (C=O) groups is 1. The summed E-state index contributed by atoms with van der Waals surface area (Å²) < 4.78 is 7.69. The van der Waals surface area contributed by atoms with Crippen LogP contribution in [0.2, 0.25) is 0 Å². The molecule has 4 nitrogen and oxygen atoms in total. The van der Waals surface area contributed by atoms with Gasteiger partial charge in [0.25, 0.3) is 0 Å². The van der Waals surface area contributed by atoms with E-state index in [-0.39, 0.29) is 5.78 Å². The minimum absolute atomic E-state index is 0.0753. The van der Waals surface area contributed by atoms with Gasteiger partial charge in [0, 0.05) is 19.6 Å². The van der Waals surface area contributed by atoms with Crippen LogP contribution in [0.5, 0.6) is 0 Å². The lowest BCUT2D eigenvalue weighted by atomic mass is 10.2. The van der Waals surface area contributed by atoms with Crippen molar-refractivity contribution in [2.75, 3.05) is 13.2 Å². The molecule has 0 radical (unpaired) electrons. The number of hydrogen-bond acceptors (Lipinski definition) is 3. The maximum Gasteiger partial charge on any atom is 0.184 e. The van der Waals surface area contributed by atoms with Crippen molar-refractivity contribution in [1.29, 1.82) is 0 Å². The minimum atomic E-state index is 0.0753. The Morgan fingerprint density at radius 3 is 2.94 bits per heavy atom. The molecular weight excluding hydrogens is 272 g/mol. The van der Waals surface area contributed by atoms with Gasteiger partial charge >= 0.3 is 0 Å². The van der Waals surface area contributed by atoms with Gasteiger partial charge in [-0.05, 0) is 29.3 Å². The van der Waals surface area contributed by atoms with Crippen molar-refractivity contribution in [3.8, 4) is 0 Å². The first-order valence-corrected chi connectivity index (χ1v) is 6.32. The monoisotopic (exact) mass is 288 g/mol. The molecule has 0 N–H and O–H groups in total. The number of aryl methyl sites for hydroxylation is 1. The Hall–Kier alpha value is -0.680. The zero-order valence-electron chi connectivity index (χ0n) is 9.70. The molecule has 0 unspecified atom stereocenters. The summed E-state index contributed by atoms with van der Waals surface area (Å²) in [4.78, 5) is 11.9. The molecule has 0 saturated carbocycles. The van der Waals surface area contributed by atoms with Gasteiger partial charge in [-0.25, -0.2) is 0 Å². The number of ether oxygens (including phenoxy) is 1. The SMILES string of the molecule is CCCn1ncc(Br)c1C(=O)CCOCC.